The number of hydrogen-bond acceptors (Lipinski definition) is 4. The van der Waals surface area contributed by atoms with Crippen LogP contribution in [-0.2, 0) is 11.2 Å². The fourth-order valence-corrected chi connectivity index (χ4v) is 4.19. The van der Waals surface area contributed by atoms with Crippen molar-refractivity contribution in [2.75, 3.05) is 6.54 Å². The minimum Gasteiger partial charge on any atom is -0.477 e. The number of hydrogen-bond donors (Lipinski definition) is 0. The first-order valence-corrected chi connectivity index (χ1v) is 8.76. The number of ether oxygens (including phenoxy) is 1. The highest BCUT2D eigenvalue weighted by atomic mass is 32.1. The Kier molecular flexibility index (Phi) is 3.77. The van der Waals surface area contributed by atoms with E-state index in [4.69, 9.17) is 4.74 Å². The number of fused-ring (bicyclic) bond motifs is 1. The number of rotatable bonds is 2. The van der Waals surface area contributed by atoms with Crippen LogP contribution in [0.4, 0.5) is 4.39 Å². The maximum Gasteiger partial charge on any atom is 0.264 e. The number of likely N-dealkylation sites (tertiary alicyclic amines) is 1. The lowest BCUT2D eigenvalue weighted by molar-refractivity contribution is -0.142. The van der Waals surface area contributed by atoms with E-state index in [1.807, 2.05) is 16.3 Å². The monoisotopic (exact) mass is 332 g/mol. The minimum absolute atomic E-state index is 0.0217. The molecule has 0 N–H and O–H groups in total. The van der Waals surface area contributed by atoms with E-state index in [0.717, 1.165) is 29.8 Å². The number of benzene rings is 1. The van der Waals surface area contributed by atoms with Crippen LogP contribution < -0.4 is 4.74 Å². The minimum atomic E-state index is -0.623. The number of amides is 1. The van der Waals surface area contributed by atoms with E-state index >= 15 is 0 Å². The third-order valence-electron chi connectivity index (χ3n) is 4.51. The van der Waals surface area contributed by atoms with E-state index in [2.05, 4.69) is 4.98 Å². The van der Waals surface area contributed by atoms with Gasteiger partial charge in [-0.15, -0.1) is 11.3 Å². The molecule has 1 aromatic heterocycles. The molecule has 4 nitrogen and oxygen atoms in total. The lowest BCUT2D eigenvalue weighted by Crippen LogP contribution is -2.45. The van der Waals surface area contributed by atoms with E-state index in [9.17, 15) is 9.18 Å². The van der Waals surface area contributed by atoms with Crippen molar-refractivity contribution in [1.29, 1.82) is 0 Å². The predicted molar refractivity (Wildman–Crippen MR) is 84.9 cm³/mol. The fourth-order valence-electron chi connectivity index (χ4n) is 3.40. The summed E-state index contributed by atoms with van der Waals surface area (Å²) in [6, 6.07) is 4.86. The van der Waals surface area contributed by atoms with E-state index in [1.165, 1.54) is 6.07 Å². The predicted octanol–water partition coefficient (Wildman–Crippen LogP) is 3.34. The molecule has 0 aliphatic carbocycles. The van der Waals surface area contributed by atoms with Crippen molar-refractivity contribution in [2.45, 2.75) is 37.8 Å². The number of carbonyl (C=O) groups excluding carboxylic acids is 1. The molecule has 23 heavy (non-hydrogen) atoms. The van der Waals surface area contributed by atoms with Gasteiger partial charge in [-0.2, -0.15) is 0 Å². The van der Waals surface area contributed by atoms with Gasteiger partial charge in [0.25, 0.3) is 5.91 Å². The topological polar surface area (TPSA) is 42.4 Å². The molecule has 120 valence electrons. The molecule has 0 unspecified atom stereocenters. The van der Waals surface area contributed by atoms with Crippen molar-refractivity contribution in [3.63, 3.8) is 0 Å². The summed E-state index contributed by atoms with van der Waals surface area (Å²) in [5, 5.41) is 2.91. The third kappa shape index (κ3) is 2.61. The summed E-state index contributed by atoms with van der Waals surface area (Å²) >= 11 is 1.58. The van der Waals surface area contributed by atoms with Gasteiger partial charge in [0.15, 0.2) is 17.7 Å². The van der Waals surface area contributed by atoms with Crippen molar-refractivity contribution in [3.05, 3.63) is 46.2 Å². The highest BCUT2D eigenvalue weighted by Crippen LogP contribution is 2.36. The number of halogens is 1. The lowest BCUT2D eigenvalue weighted by Gasteiger charge is -2.35. The maximum atomic E-state index is 13.8. The molecule has 1 fully saturated rings. The normalized spacial score (nSPS) is 23.4. The quantitative estimate of drug-likeness (QED) is 0.847. The SMILES string of the molecule is O=C([C@H]1Cc2cccc(F)c2O1)N1CCCC[C@@H]1c1nccs1. The van der Waals surface area contributed by atoms with Crippen LogP contribution in [0.5, 0.6) is 5.75 Å². The van der Waals surface area contributed by atoms with Crippen molar-refractivity contribution in [1.82, 2.24) is 9.88 Å². The molecule has 0 bridgehead atoms. The highest BCUT2D eigenvalue weighted by molar-refractivity contribution is 7.09. The van der Waals surface area contributed by atoms with Crippen LogP contribution in [0.3, 0.4) is 0 Å². The largest absolute Gasteiger partial charge is 0.477 e. The molecule has 0 saturated carbocycles. The zero-order chi connectivity index (χ0) is 15.8. The Morgan fingerprint density at radius 2 is 2.30 bits per heavy atom. The summed E-state index contributed by atoms with van der Waals surface area (Å²) < 4.78 is 19.4. The summed E-state index contributed by atoms with van der Waals surface area (Å²) in [5.41, 5.74) is 0.770. The van der Waals surface area contributed by atoms with Crippen LogP contribution in [-0.4, -0.2) is 28.4 Å². The molecule has 4 rings (SSSR count). The summed E-state index contributed by atoms with van der Waals surface area (Å²) in [6.07, 6.45) is 4.59. The standard InChI is InChI=1S/C17H17FN2O2S/c18-12-5-3-4-11-10-14(22-15(11)12)17(21)20-8-2-1-6-13(20)16-19-7-9-23-16/h3-5,7,9,13-14H,1-2,6,8,10H2/t13-,14-/m1/s1. The molecule has 1 aromatic carbocycles. The molecule has 0 spiro atoms. The summed E-state index contributed by atoms with van der Waals surface area (Å²) in [5.74, 6) is -0.220. The average Bonchev–Trinajstić information content (AvgIpc) is 3.24. The van der Waals surface area contributed by atoms with Crippen molar-refractivity contribution in [3.8, 4) is 5.75 Å². The van der Waals surface area contributed by atoms with Gasteiger partial charge in [-0.05, 0) is 25.3 Å². The number of aromatic nitrogens is 1. The molecule has 2 aliphatic rings. The zero-order valence-electron chi connectivity index (χ0n) is 12.6. The van der Waals surface area contributed by atoms with Gasteiger partial charge in [0, 0.05) is 30.1 Å². The van der Waals surface area contributed by atoms with Crippen LogP contribution in [0.25, 0.3) is 0 Å². The number of carbonyl (C=O) groups is 1. The summed E-state index contributed by atoms with van der Waals surface area (Å²) in [6.45, 7) is 0.710. The van der Waals surface area contributed by atoms with Crippen molar-refractivity contribution in [2.24, 2.45) is 0 Å². The molecule has 2 aliphatic heterocycles. The smallest absolute Gasteiger partial charge is 0.264 e. The first-order valence-electron chi connectivity index (χ1n) is 7.88. The number of thiazole rings is 1. The van der Waals surface area contributed by atoms with Gasteiger partial charge in [0.2, 0.25) is 0 Å². The van der Waals surface area contributed by atoms with E-state index < -0.39 is 11.9 Å². The molecule has 2 aromatic rings. The Morgan fingerprint density at radius 1 is 1.39 bits per heavy atom. The van der Waals surface area contributed by atoms with E-state index in [-0.39, 0.29) is 17.7 Å². The van der Waals surface area contributed by atoms with Crippen LogP contribution in [0.2, 0.25) is 0 Å². The van der Waals surface area contributed by atoms with Gasteiger partial charge in [0.1, 0.15) is 5.01 Å². The van der Waals surface area contributed by atoms with Gasteiger partial charge in [-0.1, -0.05) is 12.1 Å². The van der Waals surface area contributed by atoms with Gasteiger partial charge in [0.05, 0.1) is 6.04 Å². The number of nitrogens with zero attached hydrogens (tertiary/aromatic N) is 2. The molecular weight excluding hydrogens is 315 g/mol. The van der Waals surface area contributed by atoms with Crippen LogP contribution in [0, 0.1) is 5.82 Å². The first kappa shape index (κ1) is 14.6. The zero-order valence-corrected chi connectivity index (χ0v) is 13.4. The summed E-state index contributed by atoms with van der Waals surface area (Å²) in [4.78, 5) is 19.2. The third-order valence-corrected chi connectivity index (χ3v) is 5.39. The van der Waals surface area contributed by atoms with Crippen LogP contribution in [0.15, 0.2) is 29.8 Å². The van der Waals surface area contributed by atoms with E-state index in [0.29, 0.717) is 13.0 Å². The lowest BCUT2D eigenvalue weighted by atomic mass is 10.0. The van der Waals surface area contributed by atoms with E-state index in [1.54, 1.807) is 23.6 Å². The highest BCUT2D eigenvalue weighted by Gasteiger charge is 2.38. The molecule has 1 amide bonds. The molecule has 0 radical (unpaired) electrons. The van der Waals surface area contributed by atoms with Gasteiger partial charge in [-0.3, -0.25) is 4.79 Å². The van der Waals surface area contributed by atoms with Crippen molar-refractivity contribution < 1.29 is 13.9 Å². The fraction of sp³-hybridized carbons (Fsp3) is 0.412. The molecule has 6 heteroatoms. The Bertz CT molecular complexity index is 719. The maximum absolute atomic E-state index is 13.8. The van der Waals surface area contributed by atoms with Gasteiger partial charge in [-0.25, -0.2) is 9.37 Å². The Labute approximate surface area is 137 Å². The summed E-state index contributed by atoms with van der Waals surface area (Å²) in [7, 11) is 0. The van der Waals surface area contributed by atoms with Crippen LogP contribution >= 0.6 is 11.3 Å². The Morgan fingerprint density at radius 3 is 3.09 bits per heavy atom. The van der Waals surface area contributed by atoms with Crippen molar-refractivity contribution >= 4 is 17.2 Å². The molecule has 2 atom stereocenters. The number of para-hydroxylation sites is 1. The number of piperidine rings is 1. The average molecular weight is 332 g/mol. The first-order chi connectivity index (χ1) is 11.2. The second-order valence-electron chi connectivity index (χ2n) is 5.95. The van der Waals surface area contributed by atoms with Gasteiger partial charge < -0.3 is 9.64 Å². The second kappa shape index (κ2) is 5.92. The molecule has 3 heterocycles. The second-order valence-corrected chi connectivity index (χ2v) is 6.88. The molecular formula is C17H17FN2O2S. The van der Waals surface area contributed by atoms with Crippen LogP contribution in [0.1, 0.15) is 35.9 Å². The Balaban J connectivity index is 1.56. The Hall–Kier alpha value is -1.95. The molecule has 1 saturated heterocycles. The van der Waals surface area contributed by atoms with Gasteiger partial charge >= 0.3 is 0 Å².